The van der Waals surface area contributed by atoms with Crippen LogP contribution in [0.3, 0.4) is 0 Å². The van der Waals surface area contributed by atoms with Crippen LogP contribution >= 0.6 is 12.6 Å². The molecule has 3 rings (SSSR count). The molecule has 208 valence electrons. The van der Waals surface area contributed by atoms with Gasteiger partial charge in [-0.3, -0.25) is 14.4 Å². The number of carbonyl (C=O) groups excluding carboxylic acids is 3. The van der Waals surface area contributed by atoms with Crippen molar-refractivity contribution in [2.45, 2.75) is 50.0 Å². The number of carboxylic acid groups (broad SMARTS) is 1. The van der Waals surface area contributed by atoms with Crippen LogP contribution in [0.25, 0.3) is 10.9 Å². The van der Waals surface area contributed by atoms with Crippen LogP contribution in [0.5, 0.6) is 0 Å². The lowest BCUT2D eigenvalue weighted by Crippen LogP contribution is -2.59. The normalized spacial score (nSPS) is 15.0. The number of carboxylic acids is 1. The summed E-state index contributed by atoms with van der Waals surface area (Å²) in [5.41, 5.74) is 8.61. The van der Waals surface area contributed by atoms with Gasteiger partial charge >= 0.3 is 5.97 Å². The summed E-state index contributed by atoms with van der Waals surface area (Å²) in [5, 5.41) is 27.5. The van der Waals surface area contributed by atoms with Gasteiger partial charge in [-0.05, 0) is 30.5 Å². The fourth-order valence-electron chi connectivity index (χ4n) is 4.08. The van der Waals surface area contributed by atoms with E-state index in [1.807, 2.05) is 24.3 Å². The third-order valence-corrected chi connectivity index (χ3v) is 6.59. The molecule has 0 radical (unpaired) electrons. The molecule has 39 heavy (non-hydrogen) atoms. The van der Waals surface area contributed by atoms with Gasteiger partial charge in [0.15, 0.2) is 6.04 Å². The lowest BCUT2D eigenvalue weighted by molar-refractivity contribution is -0.145. The van der Waals surface area contributed by atoms with E-state index in [-0.39, 0.29) is 18.6 Å². The first-order valence-corrected chi connectivity index (χ1v) is 13.0. The number of thiol groups is 1. The number of aliphatic carboxylic acids is 1. The van der Waals surface area contributed by atoms with Gasteiger partial charge in [0.25, 0.3) is 0 Å². The second kappa shape index (κ2) is 13.8. The van der Waals surface area contributed by atoms with Crippen LogP contribution in [0.2, 0.25) is 0 Å². The van der Waals surface area contributed by atoms with Gasteiger partial charge in [-0.25, -0.2) is 4.79 Å². The Bertz CT molecular complexity index is 1300. The maximum atomic E-state index is 13.1. The molecule has 2 aromatic carbocycles. The van der Waals surface area contributed by atoms with Crippen molar-refractivity contribution in [2.24, 2.45) is 5.73 Å². The number of nitrogens with one attached hydrogen (secondary N) is 4. The molecule has 0 saturated heterocycles. The number of carbonyl (C=O) groups is 4. The molecule has 5 unspecified atom stereocenters. The number of fused-ring (bicyclic) bond motifs is 1. The van der Waals surface area contributed by atoms with Gasteiger partial charge in [0.05, 0.1) is 12.1 Å². The summed E-state index contributed by atoms with van der Waals surface area (Å²) >= 11 is 4.19. The number of rotatable bonds is 13. The van der Waals surface area contributed by atoms with E-state index >= 15 is 0 Å². The Hall–Kier alpha value is -3.87. The van der Waals surface area contributed by atoms with Gasteiger partial charge in [-0.2, -0.15) is 12.6 Å². The molecule has 0 aliphatic rings. The number of benzene rings is 2. The Balaban J connectivity index is 1.69. The van der Waals surface area contributed by atoms with Crippen LogP contribution in [0, 0.1) is 0 Å². The second-order valence-corrected chi connectivity index (χ2v) is 9.60. The average molecular weight is 556 g/mol. The lowest BCUT2D eigenvalue weighted by atomic mass is 10.0. The number of aromatic nitrogens is 1. The van der Waals surface area contributed by atoms with Crippen LogP contribution in [-0.2, 0) is 32.0 Å². The second-order valence-electron chi connectivity index (χ2n) is 9.23. The number of hydrogen-bond donors (Lipinski definition) is 8. The zero-order chi connectivity index (χ0) is 28.5. The van der Waals surface area contributed by atoms with E-state index in [4.69, 9.17) is 5.73 Å². The van der Waals surface area contributed by atoms with Crippen LogP contribution in [-0.4, -0.2) is 74.9 Å². The number of aromatic amines is 1. The highest BCUT2D eigenvalue weighted by atomic mass is 32.1. The molecular formula is C27H33N5O6S. The number of hydrogen-bond acceptors (Lipinski definition) is 7. The summed E-state index contributed by atoms with van der Waals surface area (Å²) in [6, 6.07) is 11.6. The van der Waals surface area contributed by atoms with E-state index in [9.17, 15) is 29.4 Å². The molecule has 3 amide bonds. The van der Waals surface area contributed by atoms with Crippen molar-refractivity contribution in [1.82, 2.24) is 20.9 Å². The molecule has 5 atom stereocenters. The number of H-pyrrole nitrogens is 1. The van der Waals surface area contributed by atoms with E-state index in [2.05, 4.69) is 33.6 Å². The van der Waals surface area contributed by atoms with Crippen molar-refractivity contribution >= 4 is 47.2 Å². The maximum absolute atomic E-state index is 13.1. The first-order chi connectivity index (χ1) is 18.6. The Morgan fingerprint density at radius 1 is 0.897 bits per heavy atom. The smallest absolute Gasteiger partial charge is 0.328 e. The van der Waals surface area contributed by atoms with E-state index in [0.29, 0.717) is 5.56 Å². The summed E-state index contributed by atoms with van der Waals surface area (Å²) < 4.78 is 0. The summed E-state index contributed by atoms with van der Waals surface area (Å²) in [4.78, 5) is 53.6. The van der Waals surface area contributed by atoms with Gasteiger partial charge in [-0.1, -0.05) is 48.5 Å². The van der Waals surface area contributed by atoms with E-state index < -0.39 is 54.0 Å². The molecule has 3 aromatic rings. The molecule has 8 N–H and O–H groups in total. The molecule has 1 heterocycles. The molecule has 11 nitrogen and oxygen atoms in total. The van der Waals surface area contributed by atoms with E-state index in [1.54, 1.807) is 36.5 Å². The number of amides is 3. The van der Waals surface area contributed by atoms with Crippen LogP contribution in [0.1, 0.15) is 18.1 Å². The van der Waals surface area contributed by atoms with E-state index in [1.165, 1.54) is 6.92 Å². The number of aliphatic hydroxyl groups is 1. The number of para-hydroxylation sites is 1. The first-order valence-electron chi connectivity index (χ1n) is 12.4. The number of aliphatic hydroxyl groups excluding tert-OH is 1. The summed E-state index contributed by atoms with van der Waals surface area (Å²) in [6.45, 7) is 1.23. The predicted octanol–water partition coefficient (Wildman–Crippen LogP) is 0.130. The van der Waals surface area contributed by atoms with Crippen LogP contribution < -0.4 is 21.7 Å². The number of nitrogens with two attached hydrogens (primary N) is 1. The SMILES string of the molecule is CC(O)C(NC(=O)C(Cc1ccccc1)NC(=O)C(CS)NC(=O)C(N)Cc1c[nH]c2ccccc12)C(=O)O. The summed E-state index contributed by atoms with van der Waals surface area (Å²) in [5.74, 6) is -3.58. The Morgan fingerprint density at radius 3 is 2.15 bits per heavy atom. The van der Waals surface area contributed by atoms with Crippen molar-refractivity contribution in [3.8, 4) is 0 Å². The topological polar surface area (TPSA) is 187 Å². The fourth-order valence-corrected chi connectivity index (χ4v) is 4.33. The Morgan fingerprint density at radius 2 is 1.51 bits per heavy atom. The van der Waals surface area contributed by atoms with Crippen molar-refractivity contribution in [2.75, 3.05) is 5.75 Å². The molecule has 1 aromatic heterocycles. The zero-order valence-corrected chi connectivity index (χ0v) is 22.2. The largest absolute Gasteiger partial charge is 0.480 e. The predicted molar refractivity (Wildman–Crippen MR) is 149 cm³/mol. The highest BCUT2D eigenvalue weighted by Crippen LogP contribution is 2.18. The highest BCUT2D eigenvalue weighted by molar-refractivity contribution is 7.80. The van der Waals surface area contributed by atoms with Crippen molar-refractivity contribution in [3.63, 3.8) is 0 Å². The lowest BCUT2D eigenvalue weighted by Gasteiger charge is -2.25. The molecule has 0 bridgehead atoms. The molecule has 0 aliphatic carbocycles. The molecule has 0 saturated carbocycles. The standard InChI is InChI=1S/C27H33N5O6S/c1-15(33)23(27(37)38)32-25(35)21(11-16-7-3-2-4-8-16)30-26(36)22(14-39)31-24(34)19(28)12-17-13-29-20-10-6-5-9-18(17)20/h2-10,13,15,19,21-23,29,33,39H,11-12,14,28H2,1H3,(H,30,36)(H,31,34)(H,32,35)(H,37,38). The van der Waals surface area contributed by atoms with Gasteiger partial charge < -0.3 is 36.9 Å². The summed E-state index contributed by atoms with van der Waals surface area (Å²) in [7, 11) is 0. The van der Waals surface area contributed by atoms with E-state index in [0.717, 1.165) is 16.5 Å². The minimum Gasteiger partial charge on any atom is -0.480 e. The van der Waals surface area contributed by atoms with Crippen LogP contribution in [0.15, 0.2) is 60.8 Å². The first kappa shape index (κ1) is 29.7. The van der Waals surface area contributed by atoms with Crippen molar-refractivity contribution in [3.05, 3.63) is 71.9 Å². The third kappa shape index (κ3) is 8.06. The monoisotopic (exact) mass is 555 g/mol. The summed E-state index contributed by atoms with van der Waals surface area (Å²) in [6.07, 6.45) is 0.678. The molecule has 0 fully saturated rings. The van der Waals surface area contributed by atoms with Crippen LogP contribution in [0.4, 0.5) is 0 Å². The minimum absolute atomic E-state index is 0.0396. The Labute approximate surface area is 231 Å². The van der Waals surface area contributed by atoms with Crippen molar-refractivity contribution in [1.29, 1.82) is 0 Å². The average Bonchev–Trinajstić information content (AvgIpc) is 3.32. The van der Waals surface area contributed by atoms with Gasteiger partial charge in [0.2, 0.25) is 17.7 Å². The highest BCUT2D eigenvalue weighted by Gasteiger charge is 2.31. The fraction of sp³-hybridized carbons (Fsp3) is 0.333. The molecule has 12 heteroatoms. The van der Waals surface area contributed by atoms with Gasteiger partial charge in [0.1, 0.15) is 12.1 Å². The Kier molecular flexibility index (Phi) is 10.5. The molecule has 0 spiro atoms. The minimum atomic E-state index is -1.57. The third-order valence-electron chi connectivity index (χ3n) is 6.23. The van der Waals surface area contributed by atoms with Crippen molar-refractivity contribution < 1.29 is 29.4 Å². The molecule has 0 aliphatic heterocycles. The maximum Gasteiger partial charge on any atom is 0.328 e. The quantitative estimate of drug-likeness (QED) is 0.138. The van der Waals surface area contributed by atoms with Gasteiger partial charge in [0, 0.05) is 29.3 Å². The molecular weight excluding hydrogens is 522 g/mol. The zero-order valence-electron chi connectivity index (χ0n) is 21.3. The van der Waals surface area contributed by atoms with Gasteiger partial charge in [-0.15, -0.1) is 0 Å².